The second-order valence-electron chi connectivity index (χ2n) is 9.99. The topological polar surface area (TPSA) is 98.2 Å². The zero-order valence-corrected chi connectivity index (χ0v) is 18.3. The Labute approximate surface area is 191 Å². The van der Waals surface area contributed by atoms with Gasteiger partial charge in [-0.15, -0.1) is 5.10 Å². The predicted molar refractivity (Wildman–Crippen MR) is 126 cm³/mol. The van der Waals surface area contributed by atoms with Crippen LogP contribution in [0.2, 0.25) is 0 Å². The van der Waals surface area contributed by atoms with Crippen molar-refractivity contribution in [2.75, 3.05) is 5.43 Å². The zero-order chi connectivity index (χ0) is 22.4. The quantitative estimate of drug-likeness (QED) is 0.326. The lowest BCUT2D eigenvalue weighted by Crippen LogP contribution is -2.49. The third-order valence-electron chi connectivity index (χ3n) is 7.75. The molecule has 1 aromatic heterocycles. The summed E-state index contributed by atoms with van der Waals surface area (Å²) in [6.45, 7) is 0. The fourth-order valence-electron chi connectivity index (χ4n) is 6.75. The van der Waals surface area contributed by atoms with Crippen LogP contribution in [0.25, 0.3) is 5.69 Å². The molecule has 0 radical (unpaired) electrons. The summed E-state index contributed by atoms with van der Waals surface area (Å²) in [7, 11) is 0. The first-order chi connectivity index (χ1) is 16.1. The molecule has 2 aromatic carbocycles. The van der Waals surface area contributed by atoms with E-state index in [-0.39, 0.29) is 11.1 Å². The molecule has 1 N–H and O–H groups in total. The lowest BCUT2D eigenvalue weighted by Gasteiger charge is -2.56. The molecule has 4 fully saturated rings. The van der Waals surface area contributed by atoms with E-state index in [1.54, 1.807) is 18.3 Å². The Morgan fingerprint density at radius 3 is 2.24 bits per heavy atom. The molecule has 4 bridgehead atoms. The highest BCUT2D eigenvalue weighted by atomic mass is 16.6. The van der Waals surface area contributed by atoms with Gasteiger partial charge < -0.3 is 0 Å². The number of benzene rings is 2. The summed E-state index contributed by atoms with van der Waals surface area (Å²) in [6, 6.07) is 14.3. The SMILES string of the molecule is O=[N+]([O-])c1ccc(NN=Cc2ccc(-n3nncc3C34CC5CC(CC(C5)C3)C4)cc2)cc1. The van der Waals surface area contributed by atoms with Crippen LogP contribution in [0, 0.1) is 27.9 Å². The standard InChI is InChI=1S/C25H26N6O2/c32-31(33)23-7-3-21(4-8-23)28-26-15-17-1-5-22(6-2-17)30-24(16-27-29-30)25-12-18-9-19(13-25)11-20(10-18)14-25/h1-8,15-16,18-20,28H,9-14H2. The second kappa shape index (κ2) is 7.79. The first-order valence-corrected chi connectivity index (χ1v) is 11.6. The van der Waals surface area contributed by atoms with Gasteiger partial charge in [-0.3, -0.25) is 15.5 Å². The van der Waals surface area contributed by atoms with Crippen molar-refractivity contribution in [1.29, 1.82) is 0 Å². The minimum absolute atomic E-state index is 0.0566. The van der Waals surface area contributed by atoms with Crippen molar-refractivity contribution in [2.24, 2.45) is 22.9 Å². The molecular weight excluding hydrogens is 416 g/mol. The first kappa shape index (κ1) is 20.1. The maximum atomic E-state index is 10.7. The number of non-ortho nitro benzene ring substituents is 1. The first-order valence-electron chi connectivity index (χ1n) is 11.6. The van der Waals surface area contributed by atoms with Gasteiger partial charge in [0.1, 0.15) is 0 Å². The van der Waals surface area contributed by atoms with E-state index in [1.165, 1.54) is 56.4 Å². The van der Waals surface area contributed by atoms with Gasteiger partial charge in [0.05, 0.1) is 34.4 Å². The number of anilines is 1. The van der Waals surface area contributed by atoms with Crippen molar-refractivity contribution in [3.63, 3.8) is 0 Å². The van der Waals surface area contributed by atoms with Crippen LogP contribution in [0.5, 0.6) is 0 Å². The molecule has 0 spiro atoms. The number of hydrazone groups is 1. The molecule has 0 unspecified atom stereocenters. The Morgan fingerprint density at radius 2 is 1.64 bits per heavy atom. The number of hydrogen-bond acceptors (Lipinski definition) is 6. The van der Waals surface area contributed by atoms with Crippen LogP contribution < -0.4 is 5.43 Å². The third-order valence-corrected chi connectivity index (χ3v) is 7.75. The Morgan fingerprint density at radius 1 is 1.00 bits per heavy atom. The molecule has 0 saturated heterocycles. The fourth-order valence-corrected chi connectivity index (χ4v) is 6.75. The zero-order valence-electron chi connectivity index (χ0n) is 18.3. The van der Waals surface area contributed by atoms with Gasteiger partial charge in [0.25, 0.3) is 5.69 Å². The molecule has 1 heterocycles. The Bertz CT molecular complexity index is 1160. The number of nitrogens with zero attached hydrogens (tertiary/aromatic N) is 5. The number of rotatable bonds is 6. The average molecular weight is 443 g/mol. The van der Waals surface area contributed by atoms with Crippen molar-refractivity contribution in [2.45, 2.75) is 43.9 Å². The third kappa shape index (κ3) is 3.69. The van der Waals surface area contributed by atoms with E-state index in [9.17, 15) is 10.1 Å². The minimum atomic E-state index is -0.418. The summed E-state index contributed by atoms with van der Waals surface area (Å²) in [6.07, 6.45) is 11.8. The van der Waals surface area contributed by atoms with Gasteiger partial charge in [0.2, 0.25) is 0 Å². The van der Waals surface area contributed by atoms with Gasteiger partial charge in [0, 0.05) is 17.5 Å². The van der Waals surface area contributed by atoms with E-state index in [1.807, 2.05) is 23.0 Å². The van der Waals surface area contributed by atoms with Crippen LogP contribution in [0.4, 0.5) is 11.4 Å². The fraction of sp³-hybridized carbons (Fsp3) is 0.400. The number of nitrogens with one attached hydrogen (secondary N) is 1. The smallest absolute Gasteiger partial charge is 0.269 e. The number of hydrogen-bond donors (Lipinski definition) is 1. The summed E-state index contributed by atoms with van der Waals surface area (Å²) in [5.41, 5.74) is 7.15. The molecule has 8 heteroatoms. The van der Waals surface area contributed by atoms with Crippen LogP contribution in [0.1, 0.15) is 49.8 Å². The van der Waals surface area contributed by atoms with Crippen LogP contribution >= 0.6 is 0 Å². The van der Waals surface area contributed by atoms with Crippen LogP contribution in [-0.2, 0) is 5.41 Å². The number of nitro groups is 1. The van der Waals surface area contributed by atoms with Crippen LogP contribution in [0.3, 0.4) is 0 Å². The predicted octanol–water partition coefficient (Wildman–Crippen LogP) is 5.09. The second-order valence-corrected chi connectivity index (χ2v) is 9.99. The summed E-state index contributed by atoms with van der Waals surface area (Å²) >= 11 is 0. The van der Waals surface area contributed by atoms with E-state index >= 15 is 0 Å². The molecule has 7 rings (SSSR count). The van der Waals surface area contributed by atoms with Crippen molar-refractivity contribution in [1.82, 2.24) is 15.0 Å². The maximum Gasteiger partial charge on any atom is 0.269 e. The number of aromatic nitrogens is 3. The molecule has 0 amide bonds. The van der Waals surface area contributed by atoms with E-state index in [0.717, 1.165) is 29.0 Å². The van der Waals surface area contributed by atoms with Gasteiger partial charge in [-0.05, 0) is 86.1 Å². The average Bonchev–Trinajstić information content (AvgIpc) is 3.30. The molecule has 168 valence electrons. The molecule has 4 aliphatic carbocycles. The molecule has 0 atom stereocenters. The molecule has 0 aliphatic heterocycles. The van der Waals surface area contributed by atoms with Crippen LogP contribution in [-0.4, -0.2) is 26.1 Å². The van der Waals surface area contributed by atoms with Crippen molar-refractivity contribution >= 4 is 17.6 Å². The molecule has 8 nitrogen and oxygen atoms in total. The van der Waals surface area contributed by atoms with Crippen molar-refractivity contribution in [3.05, 3.63) is 76.1 Å². The van der Waals surface area contributed by atoms with Gasteiger partial charge in [0.15, 0.2) is 0 Å². The van der Waals surface area contributed by atoms with Gasteiger partial charge >= 0.3 is 0 Å². The minimum Gasteiger partial charge on any atom is -0.278 e. The number of nitro benzene ring substituents is 1. The molecule has 33 heavy (non-hydrogen) atoms. The van der Waals surface area contributed by atoms with Crippen molar-refractivity contribution < 1.29 is 4.92 Å². The van der Waals surface area contributed by atoms with E-state index < -0.39 is 4.92 Å². The molecule has 3 aromatic rings. The normalized spacial score (nSPS) is 27.8. The van der Waals surface area contributed by atoms with Crippen LogP contribution in [0.15, 0.2) is 59.8 Å². The lowest BCUT2D eigenvalue weighted by atomic mass is 9.49. The van der Waals surface area contributed by atoms with Gasteiger partial charge in [-0.1, -0.05) is 17.3 Å². The van der Waals surface area contributed by atoms with Crippen molar-refractivity contribution in [3.8, 4) is 5.69 Å². The summed E-state index contributed by atoms with van der Waals surface area (Å²) in [5, 5.41) is 23.8. The van der Waals surface area contributed by atoms with Gasteiger partial charge in [-0.2, -0.15) is 5.10 Å². The van der Waals surface area contributed by atoms with Gasteiger partial charge in [-0.25, -0.2) is 4.68 Å². The molecule has 4 aliphatic rings. The van der Waals surface area contributed by atoms with E-state index in [2.05, 4.69) is 33.0 Å². The Kier molecular flexibility index (Phi) is 4.74. The molecule has 4 saturated carbocycles. The monoisotopic (exact) mass is 442 g/mol. The highest BCUT2D eigenvalue weighted by molar-refractivity contribution is 5.80. The largest absolute Gasteiger partial charge is 0.278 e. The summed E-state index contributed by atoms with van der Waals surface area (Å²) in [4.78, 5) is 10.3. The Balaban J connectivity index is 1.17. The Hall–Kier alpha value is -3.55. The van der Waals surface area contributed by atoms with E-state index in [4.69, 9.17) is 0 Å². The molecular formula is C25H26N6O2. The summed E-state index contributed by atoms with van der Waals surface area (Å²) in [5.74, 6) is 2.63. The lowest BCUT2D eigenvalue weighted by molar-refractivity contribution is -0.384. The van der Waals surface area contributed by atoms with E-state index in [0.29, 0.717) is 5.69 Å². The maximum absolute atomic E-state index is 10.7. The summed E-state index contributed by atoms with van der Waals surface area (Å²) < 4.78 is 2.04. The highest BCUT2D eigenvalue weighted by Gasteiger charge is 2.53. The highest BCUT2D eigenvalue weighted by Crippen LogP contribution is 2.60.